The van der Waals surface area contributed by atoms with E-state index in [-0.39, 0.29) is 0 Å². The summed E-state index contributed by atoms with van der Waals surface area (Å²) in [6, 6.07) is 15.3. The van der Waals surface area contributed by atoms with E-state index in [0.717, 1.165) is 20.1 Å². The maximum Gasteiger partial charge on any atom is 0.329 e. The number of aromatic nitrogens is 5. The van der Waals surface area contributed by atoms with Gasteiger partial charge in [0.15, 0.2) is 20.7 Å². The highest BCUT2D eigenvalue weighted by Crippen LogP contribution is 2.35. The van der Waals surface area contributed by atoms with Gasteiger partial charge in [0, 0.05) is 12.1 Å². The molecule has 0 unspecified atom stereocenters. The minimum Gasteiger partial charge on any atom is -0.308 e. The van der Waals surface area contributed by atoms with Crippen LogP contribution in [0.25, 0.3) is 21.4 Å². The van der Waals surface area contributed by atoms with E-state index in [0.29, 0.717) is 27.9 Å². The Kier molecular flexibility index (Phi) is 4.73. The molecular weight excluding hydrogens is 442 g/mol. The molecule has 0 amide bonds. The van der Waals surface area contributed by atoms with E-state index >= 15 is 0 Å². The molecule has 1 N–H and O–H groups in total. The predicted octanol–water partition coefficient (Wildman–Crippen LogP) is 3.89. The molecule has 30 heavy (non-hydrogen) atoms. The molecule has 10 heteroatoms. The van der Waals surface area contributed by atoms with Crippen LogP contribution in [0, 0.1) is 0 Å². The van der Waals surface area contributed by atoms with Crippen molar-refractivity contribution >= 4 is 56.1 Å². The number of para-hydroxylation sites is 1. The van der Waals surface area contributed by atoms with E-state index in [1.165, 1.54) is 16.3 Å². The van der Waals surface area contributed by atoms with Gasteiger partial charge in [-0.1, -0.05) is 35.9 Å². The number of benzene rings is 2. The summed E-state index contributed by atoms with van der Waals surface area (Å²) in [7, 11) is 1.59. The monoisotopic (exact) mass is 455 g/mol. The summed E-state index contributed by atoms with van der Waals surface area (Å²) in [6.07, 6.45) is 0. The third kappa shape index (κ3) is 3.34. The van der Waals surface area contributed by atoms with Gasteiger partial charge in [-0.2, -0.15) is 0 Å². The van der Waals surface area contributed by atoms with Gasteiger partial charge in [-0.05, 0) is 41.6 Å². The normalized spacial score (nSPS) is 11.5. The lowest BCUT2D eigenvalue weighted by atomic mass is 10.2. The third-order valence-corrected chi connectivity index (χ3v) is 7.02. The van der Waals surface area contributed by atoms with Crippen molar-refractivity contribution in [1.29, 1.82) is 0 Å². The van der Waals surface area contributed by atoms with Gasteiger partial charge in [0.1, 0.15) is 0 Å². The maximum atomic E-state index is 12.7. The fourth-order valence-corrected chi connectivity index (χ4v) is 5.37. The molecule has 3 heterocycles. The second-order valence-electron chi connectivity index (χ2n) is 6.65. The topological polar surface area (TPSA) is 85.6 Å². The lowest BCUT2D eigenvalue weighted by Crippen LogP contribution is -2.29. The average Bonchev–Trinajstić information content (AvgIpc) is 3.29. The zero-order valence-electron chi connectivity index (χ0n) is 15.6. The lowest BCUT2D eigenvalue weighted by molar-refractivity contribution is 0.728. The van der Waals surface area contributed by atoms with Crippen molar-refractivity contribution in [2.24, 2.45) is 7.05 Å². The Hall–Kier alpha value is -2.88. The SMILES string of the molecule is Cn1c(=O)[nH]c(=O)c2c1nc(Sc1nc3ccccc3s1)n2Cc1ccc(Cl)cc1. The van der Waals surface area contributed by atoms with Gasteiger partial charge < -0.3 is 4.57 Å². The molecule has 0 aliphatic heterocycles. The Morgan fingerprint density at radius 1 is 1.10 bits per heavy atom. The van der Waals surface area contributed by atoms with Gasteiger partial charge >= 0.3 is 5.69 Å². The molecule has 0 spiro atoms. The minimum atomic E-state index is -0.500. The molecule has 2 aromatic carbocycles. The van der Waals surface area contributed by atoms with E-state index in [1.807, 2.05) is 41.0 Å². The molecule has 0 saturated heterocycles. The second kappa shape index (κ2) is 7.42. The zero-order chi connectivity index (χ0) is 20.8. The fourth-order valence-electron chi connectivity index (χ4n) is 3.18. The molecule has 150 valence electrons. The van der Waals surface area contributed by atoms with E-state index in [2.05, 4.69) is 15.0 Å². The van der Waals surface area contributed by atoms with E-state index in [1.54, 1.807) is 30.5 Å². The summed E-state index contributed by atoms with van der Waals surface area (Å²) in [6.45, 7) is 0.405. The summed E-state index contributed by atoms with van der Waals surface area (Å²) >= 11 is 8.94. The maximum absolute atomic E-state index is 12.7. The molecular formula is C20H14ClN5O2S2. The number of rotatable bonds is 4. The predicted molar refractivity (Wildman–Crippen MR) is 120 cm³/mol. The summed E-state index contributed by atoms with van der Waals surface area (Å²) < 4.78 is 5.04. The fraction of sp³-hybridized carbons (Fsp3) is 0.100. The molecule has 3 aromatic heterocycles. The molecule has 7 nitrogen and oxygen atoms in total. The van der Waals surface area contributed by atoms with Crippen LogP contribution in [-0.2, 0) is 13.6 Å². The van der Waals surface area contributed by atoms with Crippen molar-refractivity contribution in [1.82, 2.24) is 24.1 Å². The molecule has 0 fully saturated rings. The van der Waals surface area contributed by atoms with Crippen molar-refractivity contribution in [3.63, 3.8) is 0 Å². The first-order chi connectivity index (χ1) is 14.5. The quantitative estimate of drug-likeness (QED) is 0.444. The molecule has 0 aliphatic carbocycles. The molecule has 0 radical (unpaired) electrons. The van der Waals surface area contributed by atoms with Crippen molar-refractivity contribution in [3.8, 4) is 0 Å². The van der Waals surface area contributed by atoms with Crippen molar-refractivity contribution in [3.05, 3.63) is 80.0 Å². The summed E-state index contributed by atoms with van der Waals surface area (Å²) in [5.74, 6) is 0. The number of imidazole rings is 1. The lowest BCUT2D eigenvalue weighted by Gasteiger charge is -2.08. The molecule has 0 atom stereocenters. The number of hydrogen-bond acceptors (Lipinski definition) is 6. The number of thiazole rings is 1. The van der Waals surface area contributed by atoms with Crippen LogP contribution in [0.3, 0.4) is 0 Å². The summed E-state index contributed by atoms with van der Waals surface area (Å²) in [5.41, 5.74) is 1.58. The number of nitrogens with zero attached hydrogens (tertiary/aromatic N) is 4. The van der Waals surface area contributed by atoms with Crippen LogP contribution in [0.4, 0.5) is 0 Å². The average molecular weight is 456 g/mol. The van der Waals surface area contributed by atoms with Gasteiger partial charge in [-0.3, -0.25) is 14.3 Å². The van der Waals surface area contributed by atoms with Gasteiger partial charge in [-0.25, -0.2) is 14.8 Å². The smallest absolute Gasteiger partial charge is 0.308 e. The van der Waals surface area contributed by atoms with E-state index in [9.17, 15) is 9.59 Å². The Bertz CT molecular complexity index is 1480. The van der Waals surface area contributed by atoms with Crippen LogP contribution in [0.15, 0.2) is 67.6 Å². The summed E-state index contributed by atoms with van der Waals surface area (Å²) in [5, 5.41) is 1.23. The van der Waals surface area contributed by atoms with Crippen molar-refractivity contribution in [2.45, 2.75) is 16.0 Å². The number of fused-ring (bicyclic) bond motifs is 2. The van der Waals surface area contributed by atoms with Gasteiger partial charge in [-0.15, -0.1) is 11.3 Å². The highest BCUT2D eigenvalue weighted by atomic mass is 35.5. The van der Waals surface area contributed by atoms with E-state index < -0.39 is 11.2 Å². The standard InChI is InChI=1S/C20H14ClN5O2S2/c1-25-16-15(17(27)24-18(25)28)26(10-11-6-8-12(21)9-7-11)19(23-16)30-20-22-13-4-2-3-5-14(13)29-20/h2-9H,10H2,1H3,(H,24,27,28). The molecule has 5 rings (SSSR count). The number of nitrogens with one attached hydrogen (secondary N) is 1. The van der Waals surface area contributed by atoms with Crippen LogP contribution in [0.5, 0.6) is 0 Å². The zero-order valence-corrected chi connectivity index (χ0v) is 18.0. The van der Waals surface area contributed by atoms with Crippen LogP contribution >= 0.6 is 34.7 Å². The number of H-pyrrole nitrogens is 1. The van der Waals surface area contributed by atoms with Gasteiger partial charge in [0.05, 0.1) is 16.8 Å². The summed E-state index contributed by atoms with van der Waals surface area (Å²) in [4.78, 5) is 36.4. The molecule has 0 bridgehead atoms. The number of hydrogen-bond donors (Lipinski definition) is 1. The largest absolute Gasteiger partial charge is 0.329 e. The van der Waals surface area contributed by atoms with Crippen LogP contribution in [0.2, 0.25) is 5.02 Å². The first-order valence-corrected chi connectivity index (χ1v) is 11.0. The Labute approximate surface area is 183 Å². The van der Waals surface area contributed by atoms with Crippen LogP contribution in [0.1, 0.15) is 5.56 Å². The van der Waals surface area contributed by atoms with Crippen LogP contribution in [-0.4, -0.2) is 24.1 Å². The molecule has 5 aromatic rings. The number of halogens is 1. The Balaban J connectivity index is 1.68. The minimum absolute atomic E-state index is 0.335. The third-order valence-electron chi connectivity index (χ3n) is 4.68. The first-order valence-electron chi connectivity index (χ1n) is 8.97. The van der Waals surface area contributed by atoms with Gasteiger partial charge in [0.2, 0.25) is 0 Å². The van der Waals surface area contributed by atoms with Gasteiger partial charge in [0.25, 0.3) is 5.56 Å². The Morgan fingerprint density at radius 2 is 1.87 bits per heavy atom. The van der Waals surface area contributed by atoms with Crippen LogP contribution < -0.4 is 11.2 Å². The Morgan fingerprint density at radius 3 is 2.63 bits per heavy atom. The highest BCUT2D eigenvalue weighted by molar-refractivity contribution is 8.01. The second-order valence-corrected chi connectivity index (χ2v) is 9.33. The van der Waals surface area contributed by atoms with Crippen molar-refractivity contribution in [2.75, 3.05) is 0 Å². The van der Waals surface area contributed by atoms with Crippen molar-refractivity contribution < 1.29 is 0 Å². The number of aryl methyl sites for hydroxylation is 1. The van der Waals surface area contributed by atoms with E-state index in [4.69, 9.17) is 11.6 Å². The molecule has 0 saturated carbocycles. The molecule has 0 aliphatic rings. The number of aromatic amines is 1. The highest BCUT2D eigenvalue weighted by Gasteiger charge is 2.19. The first kappa shape index (κ1) is 19.1.